The molecule has 104 valence electrons. The molecule has 0 spiro atoms. The Morgan fingerprint density at radius 3 is 2.55 bits per heavy atom. The van der Waals surface area contributed by atoms with Gasteiger partial charge in [0.25, 0.3) is 0 Å². The van der Waals surface area contributed by atoms with Gasteiger partial charge in [-0.3, -0.25) is 0 Å². The molecule has 0 aliphatic carbocycles. The lowest BCUT2D eigenvalue weighted by molar-refractivity contribution is 0.181. The Hall–Kier alpha value is -1.62. The van der Waals surface area contributed by atoms with Gasteiger partial charge in [-0.15, -0.1) is 0 Å². The molecule has 4 aliphatic rings. The highest BCUT2D eigenvalue weighted by Gasteiger charge is 2.40. The van der Waals surface area contributed by atoms with Crippen LogP contribution in [-0.2, 0) is 0 Å². The number of allylic oxidation sites excluding steroid dienone is 1. The highest BCUT2D eigenvalue weighted by Crippen LogP contribution is 2.41. The Balaban J connectivity index is 1.80. The predicted molar refractivity (Wildman–Crippen MR) is 79.3 cm³/mol. The van der Waals surface area contributed by atoms with E-state index in [-0.39, 0.29) is 11.9 Å². The van der Waals surface area contributed by atoms with Crippen LogP contribution < -0.4 is 10.6 Å². The van der Waals surface area contributed by atoms with Gasteiger partial charge >= 0.3 is 0 Å². The summed E-state index contributed by atoms with van der Waals surface area (Å²) in [7, 11) is 0. The smallest absolute Gasteiger partial charge is 0.171 e. The number of piperidine rings is 1. The van der Waals surface area contributed by atoms with Gasteiger partial charge in [0.1, 0.15) is 5.82 Å². The Bertz CT molecular complexity index is 588. The number of hydrogen-bond donors (Lipinski definition) is 2. The van der Waals surface area contributed by atoms with Crippen LogP contribution in [0.2, 0.25) is 0 Å². The van der Waals surface area contributed by atoms with Crippen molar-refractivity contribution in [3.8, 4) is 0 Å². The van der Waals surface area contributed by atoms with Gasteiger partial charge in [-0.2, -0.15) is 0 Å². The third-order valence-electron chi connectivity index (χ3n) is 4.52. The number of rotatable bonds is 1. The zero-order valence-electron chi connectivity index (χ0n) is 11.0. The quantitative estimate of drug-likeness (QED) is 0.776. The fourth-order valence-corrected chi connectivity index (χ4v) is 3.77. The normalized spacial score (nSPS) is 25.4. The number of fused-ring (bicyclic) bond motifs is 2. The SMILES string of the molecule is Fc1ccc([C@@H]2NC(=S)NC3=C2N2CCC3CC2)cc1. The first-order valence-electron chi connectivity index (χ1n) is 7.04. The number of halogens is 1. The maximum Gasteiger partial charge on any atom is 0.171 e. The van der Waals surface area contributed by atoms with Crippen LogP contribution in [0.25, 0.3) is 0 Å². The van der Waals surface area contributed by atoms with Gasteiger partial charge in [-0.25, -0.2) is 4.39 Å². The zero-order valence-corrected chi connectivity index (χ0v) is 11.8. The van der Waals surface area contributed by atoms with Gasteiger partial charge in [-0.05, 0) is 42.8 Å². The highest BCUT2D eigenvalue weighted by molar-refractivity contribution is 7.80. The molecular weight excluding hydrogens is 273 g/mol. The van der Waals surface area contributed by atoms with Crippen molar-refractivity contribution in [3.63, 3.8) is 0 Å². The molecule has 1 saturated heterocycles. The monoisotopic (exact) mass is 289 g/mol. The fourth-order valence-electron chi connectivity index (χ4n) is 3.55. The minimum atomic E-state index is -0.204. The Kier molecular flexibility index (Phi) is 2.70. The summed E-state index contributed by atoms with van der Waals surface area (Å²) >= 11 is 5.34. The topological polar surface area (TPSA) is 27.3 Å². The molecule has 0 aromatic heterocycles. The van der Waals surface area contributed by atoms with Crippen LogP contribution in [0.4, 0.5) is 4.39 Å². The summed E-state index contributed by atoms with van der Waals surface area (Å²) < 4.78 is 13.1. The molecule has 2 N–H and O–H groups in total. The Labute approximate surface area is 122 Å². The largest absolute Gasteiger partial charge is 0.371 e. The first-order chi connectivity index (χ1) is 9.72. The van der Waals surface area contributed by atoms with E-state index in [2.05, 4.69) is 15.5 Å². The lowest BCUT2D eigenvalue weighted by Crippen LogP contribution is -2.55. The first kappa shape index (κ1) is 12.1. The van der Waals surface area contributed by atoms with E-state index in [0.29, 0.717) is 11.0 Å². The maximum atomic E-state index is 13.1. The van der Waals surface area contributed by atoms with E-state index in [1.54, 1.807) is 0 Å². The Morgan fingerprint density at radius 1 is 1.15 bits per heavy atom. The molecule has 1 atom stereocenters. The van der Waals surface area contributed by atoms with Gasteiger partial charge in [-0.1, -0.05) is 12.1 Å². The molecule has 5 rings (SSSR count). The molecule has 4 heterocycles. The van der Waals surface area contributed by atoms with Crippen molar-refractivity contribution in [2.24, 2.45) is 5.92 Å². The molecule has 1 aromatic carbocycles. The third-order valence-corrected chi connectivity index (χ3v) is 4.74. The molecule has 1 aromatic rings. The van der Waals surface area contributed by atoms with Gasteiger partial charge in [0.15, 0.2) is 5.11 Å². The van der Waals surface area contributed by atoms with Crippen LogP contribution in [0.1, 0.15) is 24.4 Å². The second kappa shape index (κ2) is 4.45. The lowest BCUT2D eigenvalue weighted by atomic mass is 9.83. The van der Waals surface area contributed by atoms with Gasteiger partial charge < -0.3 is 15.5 Å². The van der Waals surface area contributed by atoms with E-state index < -0.39 is 0 Å². The molecule has 0 saturated carbocycles. The van der Waals surface area contributed by atoms with Gasteiger partial charge in [0.05, 0.1) is 11.7 Å². The second-order valence-corrected chi connectivity index (χ2v) is 6.05. The molecular formula is C15H16FN3S. The molecule has 3 nitrogen and oxygen atoms in total. The molecule has 5 heteroatoms. The summed E-state index contributed by atoms with van der Waals surface area (Å²) in [6.45, 7) is 2.22. The third kappa shape index (κ3) is 1.80. The molecule has 0 radical (unpaired) electrons. The fraction of sp³-hybridized carbons (Fsp3) is 0.400. The van der Waals surface area contributed by atoms with Crippen LogP contribution in [0, 0.1) is 11.7 Å². The number of nitrogens with one attached hydrogen (secondary N) is 2. The van der Waals surface area contributed by atoms with Crippen LogP contribution >= 0.6 is 12.2 Å². The molecule has 0 amide bonds. The number of thiocarbonyl (C=S) groups is 1. The standard InChI is InChI=1S/C15H16FN3S/c16-11-3-1-9(2-4-11)12-14-13(18-15(20)17-12)10-5-7-19(14)8-6-10/h1-4,10,12H,5-8H2,(H2,17,18,20)/t12-/m0/s1. The van der Waals surface area contributed by atoms with Crippen molar-refractivity contribution in [1.29, 1.82) is 0 Å². The highest BCUT2D eigenvalue weighted by atomic mass is 32.1. The minimum absolute atomic E-state index is 0.0439. The summed E-state index contributed by atoms with van der Waals surface area (Å²) in [4.78, 5) is 2.44. The van der Waals surface area contributed by atoms with E-state index in [0.717, 1.165) is 18.7 Å². The minimum Gasteiger partial charge on any atom is -0.371 e. The predicted octanol–water partition coefficient (Wildman–Crippen LogP) is 2.28. The summed E-state index contributed by atoms with van der Waals surface area (Å²) in [6, 6.07) is 6.75. The van der Waals surface area contributed by atoms with E-state index in [9.17, 15) is 4.39 Å². The number of benzene rings is 1. The van der Waals surface area contributed by atoms with E-state index in [1.807, 2.05) is 12.1 Å². The average molecular weight is 289 g/mol. The van der Waals surface area contributed by atoms with E-state index in [1.165, 1.54) is 36.4 Å². The van der Waals surface area contributed by atoms with Crippen molar-refractivity contribution in [1.82, 2.24) is 15.5 Å². The average Bonchev–Trinajstić information content (AvgIpc) is 2.48. The lowest BCUT2D eigenvalue weighted by Gasteiger charge is -2.49. The van der Waals surface area contributed by atoms with Crippen LogP contribution in [0.3, 0.4) is 0 Å². The van der Waals surface area contributed by atoms with Crippen molar-refractivity contribution in [3.05, 3.63) is 47.0 Å². The van der Waals surface area contributed by atoms with Crippen LogP contribution in [0.15, 0.2) is 35.7 Å². The van der Waals surface area contributed by atoms with E-state index in [4.69, 9.17) is 12.2 Å². The second-order valence-electron chi connectivity index (χ2n) is 5.64. The number of hydrogen-bond acceptors (Lipinski definition) is 2. The van der Waals surface area contributed by atoms with E-state index >= 15 is 0 Å². The van der Waals surface area contributed by atoms with Crippen molar-refractivity contribution < 1.29 is 4.39 Å². The molecule has 20 heavy (non-hydrogen) atoms. The Morgan fingerprint density at radius 2 is 1.85 bits per heavy atom. The van der Waals surface area contributed by atoms with Gasteiger partial charge in [0, 0.05) is 24.7 Å². The molecule has 4 aliphatic heterocycles. The summed E-state index contributed by atoms with van der Waals surface area (Å²) in [5.74, 6) is 0.392. The molecule has 2 bridgehead atoms. The van der Waals surface area contributed by atoms with Crippen molar-refractivity contribution >= 4 is 17.3 Å². The van der Waals surface area contributed by atoms with Gasteiger partial charge in [0.2, 0.25) is 0 Å². The molecule has 1 fully saturated rings. The molecule has 0 unspecified atom stereocenters. The first-order valence-corrected chi connectivity index (χ1v) is 7.45. The maximum absolute atomic E-state index is 13.1. The summed E-state index contributed by atoms with van der Waals surface area (Å²) in [6.07, 6.45) is 2.40. The zero-order chi connectivity index (χ0) is 13.7. The summed E-state index contributed by atoms with van der Waals surface area (Å²) in [5, 5.41) is 7.35. The summed E-state index contributed by atoms with van der Waals surface area (Å²) in [5.41, 5.74) is 3.64. The van der Waals surface area contributed by atoms with Crippen LogP contribution in [-0.4, -0.2) is 23.1 Å². The van der Waals surface area contributed by atoms with Crippen LogP contribution in [0.5, 0.6) is 0 Å². The number of nitrogens with zero attached hydrogens (tertiary/aromatic N) is 1. The van der Waals surface area contributed by atoms with Crippen molar-refractivity contribution in [2.45, 2.75) is 18.9 Å². The van der Waals surface area contributed by atoms with Crippen molar-refractivity contribution in [2.75, 3.05) is 13.1 Å².